The van der Waals surface area contributed by atoms with Crippen molar-refractivity contribution in [1.29, 1.82) is 0 Å². The molecule has 1 heterocycles. The lowest BCUT2D eigenvalue weighted by Crippen LogP contribution is -2.38. The highest BCUT2D eigenvalue weighted by Gasteiger charge is 2.09. The Morgan fingerprint density at radius 1 is 1.35 bits per heavy atom. The van der Waals surface area contributed by atoms with Crippen molar-refractivity contribution in [2.75, 3.05) is 13.1 Å². The van der Waals surface area contributed by atoms with E-state index in [9.17, 15) is 0 Å². The molecule has 5 nitrogen and oxygen atoms in total. The number of nitrogens with zero attached hydrogens (tertiary/aromatic N) is 3. The van der Waals surface area contributed by atoms with Gasteiger partial charge in [0.15, 0.2) is 5.96 Å². The van der Waals surface area contributed by atoms with Crippen LogP contribution in [-0.4, -0.2) is 28.8 Å². The SMILES string of the molecule is CCNC(=NCc1ccnn1C)NCCC(C)(C)C.I. The molecular formula is C14H28IN5. The molecule has 116 valence electrons. The zero-order chi connectivity index (χ0) is 14.3. The van der Waals surface area contributed by atoms with Crippen molar-refractivity contribution in [2.24, 2.45) is 17.5 Å². The summed E-state index contributed by atoms with van der Waals surface area (Å²) in [6.07, 6.45) is 2.91. The maximum absolute atomic E-state index is 4.57. The number of nitrogens with one attached hydrogen (secondary N) is 2. The van der Waals surface area contributed by atoms with Gasteiger partial charge in [-0.3, -0.25) is 4.68 Å². The molecule has 2 N–H and O–H groups in total. The van der Waals surface area contributed by atoms with Gasteiger partial charge in [-0.2, -0.15) is 5.10 Å². The summed E-state index contributed by atoms with van der Waals surface area (Å²) in [5.41, 5.74) is 1.44. The topological polar surface area (TPSA) is 54.2 Å². The predicted molar refractivity (Wildman–Crippen MR) is 95.5 cm³/mol. The second kappa shape index (κ2) is 9.20. The van der Waals surface area contributed by atoms with Gasteiger partial charge in [0.05, 0.1) is 12.2 Å². The predicted octanol–water partition coefficient (Wildman–Crippen LogP) is 2.53. The van der Waals surface area contributed by atoms with Crippen molar-refractivity contribution < 1.29 is 0 Å². The van der Waals surface area contributed by atoms with E-state index in [4.69, 9.17) is 0 Å². The van der Waals surface area contributed by atoms with Gasteiger partial charge in [-0.05, 0) is 24.8 Å². The van der Waals surface area contributed by atoms with Crippen molar-refractivity contribution in [3.05, 3.63) is 18.0 Å². The molecule has 0 bridgehead atoms. The van der Waals surface area contributed by atoms with Crippen molar-refractivity contribution in [3.8, 4) is 0 Å². The Kier molecular flexibility index (Phi) is 8.84. The fourth-order valence-corrected chi connectivity index (χ4v) is 1.61. The Morgan fingerprint density at radius 2 is 2.05 bits per heavy atom. The first kappa shape index (κ1) is 19.2. The van der Waals surface area contributed by atoms with E-state index in [2.05, 4.69) is 48.4 Å². The van der Waals surface area contributed by atoms with E-state index < -0.39 is 0 Å². The zero-order valence-corrected chi connectivity index (χ0v) is 15.6. The molecule has 0 radical (unpaired) electrons. The standard InChI is InChI=1S/C14H27N5.HI/c1-6-15-13(16-10-8-14(2,3)4)17-11-12-7-9-18-19(12)5;/h7,9H,6,8,10-11H2,1-5H3,(H2,15,16,17);1H. The molecule has 0 atom stereocenters. The lowest BCUT2D eigenvalue weighted by atomic mass is 9.92. The second-order valence-electron chi connectivity index (χ2n) is 5.88. The highest BCUT2D eigenvalue weighted by molar-refractivity contribution is 14.0. The van der Waals surface area contributed by atoms with Crippen LogP contribution in [0.5, 0.6) is 0 Å². The van der Waals surface area contributed by atoms with E-state index in [0.29, 0.717) is 12.0 Å². The molecule has 0 spiro atoms. The molecule has 0 aromatic carbocycles. The molecule has 1 aromatic heterocycles. The van der Waals surface area contributed by atoms with Crippen LogP contribution in [0, 0.1) is 5.41 Å². The lowest BCUT2D eigenvalue weighted by molar-refractivity contribution is 0.377. The number of hydrogen-bond acceptors (Lipinski definition) is 2. The summed E-state index contributed by atoms with van der Waals surface area (Å²) < 4.78 is 1.85. The number of halogens is 1. The minimum atomic E-state index is 0. The molecule has 0 aliphatic rings. The van der Waals surface area contributed by atoms with Crippen molar-refractivity contribution in [3.63, 3.8) is 0 Å². The van der Waals surface area contributed by atoms with Crippen LogP contribution in [0.25, 0.3) is 0 Å². The van der Waals surface area contributed by atoms with Crippen molar-refractivity contribution in [1.82, 2.24) is 20.4 Å². The quantitative estimate of drug-likeness (QED) is 0.459. The Hall–Kier alpha value is -0.790. The van der Waals surface area contributed by atoms with Crippen LogP contribution in [0.1, 0.15) is 39.8 Å². The first-order chi connectivity index (χ1) is 8.92. The number of aromatic nitrogens is 2. The van der Waals surface area contributed by atoms with Crippen LogP contribution in [0.3, 0.4) is 0 Å². The van der Waals surface area contributed by atoms with Gasteiger partial charge in [0.25, 0.3) is 0 Å². The number of rotatable bonds is 5. The third kappa shape index (κ3) is 7.72. The molecule has 1 rings (SSSR count). The molecule has 0 aliphatic heterocycles. The average molecular weight is 393 g/mol. The lowest BCUT2D eigenvalue weighted by Gasteiger charge is -2.19. The van der Waals surface area contributed by atoms with E-state index in [-0.39, 0.29) is 24.0 Å². The van der Waals surface area contributed by atoms with Gasteiger partial charge in [0, 0.05) is 26.3 Å². The van der Waals surface area contributed by atoms with Crippen LogP contribution < -0.4 is 10.6 Å². The maximum Gasteiger partial charge on any atom is 0.191 e. The van der Waals surface area contributed by atoms with Crippen LogP contribution in [-0.2, 0) is 13.6 Å². The average Bonchev–Trinajstić information content (AvgIpc) is 2.70. The van der Waals surface area contributed by atoms with E-state index in [1.165, 1.54) is 0 Å². The normalized spacial score (nSPS) is 11.9. The monoisotopic (exact) mass is 393 g/mol. The summed E-state index contributed by atoms with van der Waals surface area (Å²) in [5, 5.41) is 10.8. The summed E-state index contributed by atoms with van der Waals surface area (Å²) in [4.78, 5) is 4.57. The Bertz CT molecular complexity index is 406. The highest BCUT2D eigenvalue weighted by atomic mass is 127. The zero-order valence-electron chi connectivity index (χ0n) is 13.2. The summed E-state index contributed by atoms with van der Waals surface area (Å²) in [6, 6.07) is 1.99. The maximum atomic E-state index is 4.57. The van der Waals surface area contributed by atoms with Crippen LogP contribution in [0.4, 0.5) is 0 Å². The van der Waals surface area contributed by atoms with Gasteiger partial charge in [-0.25, -0.2) is 4.99 Å². The third-order valence-corrected chi connectivity index (χ3v) is 2.83. The Balaban J connectivity index is 0.00000361. The van der Waals surface area contributed by atoms with E-state index in [0.717, 1.165) is 31.2 Å². The largest absolute Gasteiger partial charge is 0.357 e. The Morgan fingerprint density at radius 3 is 2.55 bits per heavy atom. The van der Waals surface area contributed by atoms with Gasteiger partial charge >= 0.3 is 0 Å². The highest BCUT2D eigenvalue weighted by Crippen LogP contribution is 2.16. The van der Waals surface area contributed by atoms with Gasteiger partial charge in [0.1, 0.15) is 0 Å². The molecule has 1 aromatic rings. The first-order valence-corrected chi connectivity index (χ1v) is 6.91. The second-order valence-corrected chi connectivity index (χ2v) is 5.88. The minimum Gasteiger partial charge on any atom is -0.357 e. The molecule has 0 aliphatic carbocycles. The summed E-state index contributed by atoms with van der Waals surface area (Å²) >= 11 is 0. The molecule has 0 unspecified atom stereocenters. The Labute approximate surface area is 139 Å². The van der Waals surface area contributed by atoms with Gasteiger partial charge < -0.3 is 10.6 Å². The summed E-state index contributed by atoms with van der Waals surface area (Å²) in [7, 11) is 1.94. The summed E-state index contributed by atoms with van der Waals surface area (Å²) in [5.74, 6) is 0.868. The third-order valence-electron chi connectivity index (χ3n) is 2.83. The molecule has 0 amide bonds. The van der Waals surface area contributed by atoms with Crippen LogP contribution >= 0.6 is 24.0 Å². The van der Waals surface area contributed by atoms with E-state index >= 15 is 0 Å². The number of guanidine groups is 1. The first-order valence-electron chi connectivity index (χ1n) is 6.91. The van der Waals surface area contributed by atoms with Gasteiger partial charge in [0.2, 0.25) is 0 Å². The van der Waals surface area contributed by atoms with Crippen LogP contribution in [0.15, 0.2) is 17.3 Å². The minimum absolute atomic E-state index is 0. The van der Waals surface area contributed by atoms with E-state index in [1.54, 1.807) is 6.20 Å². The molecular weight excluding hydrogens is 365 g/mol. The van der Waals surface area contributed by atoms with Crippen molar-refractivity contribution >= 4 is 29.9 Å². The molecule has 20 heavy (non-hydrogen) atoms. The van der Waals surface area contributed by atoms with E-state index in [1.807, 2.05) is 17.8 Å². The van der Waals surface area contributed by atoms with Gasteiger partial charge in [-0.15, -0.1) is 24.0 Å². The molecule has 0 saturated carbocycles. The molecule has 6 heteroatoms. The fraction of sp³-hybridized carbons (Fsp3) is 0.714. The fourth-order valence-electron chi connectivity index (χ4n) is 1.61. The number of aliphatic imine (C=N–C) groups is 1. The van der Waals surface area contributed by atoms with Gasteiger partial charge in [-0.1, -0.05) is 20.8 Å². The van der Waals surface area contributed by atoms with Crippen molar-refractivity contribution in [2.45, 2.75) is 40.7 Å². The summed E-state index contributed by atoms with van der Waals surface area (Å²) in [6.45, 7) is 11.2. The molecule has 0 fully saturated rings. The number of hydrogen-bond donors (Lipinski definition) is 2. The van der Waals surface area contributed by atoms with Crippen LogP contribution in [0.2, 0.25) is 0 Å². The molecule has 0 saturated heterocycles. The smallest absolute Gasteiger partial charge is 0.191 e. The number of aryl methyl sites for hydroxylation is 1.